The van der Waals surface area contributed by atoms with Crippen molar-refractivity contribution in [1.29, 1.82) is 0 Å². The van der Waals surface area contributed by atoms with Gasteiger partial charge in [0.25, 0.3) is 0 Å². The number of methoxy groups -OCH3 is 2. The maximum absolute atomic E-state index is 11.4. The lowest BCUT2D eigenvalue weighted by atomic mass is 10.1. The third-order valence-electron chi connectivity index (χ3n) is 2.02. The summed E-state index contributed by atoms with van der Waals surface area (Å²) < 4.78 is 9.69. The molecule has 0 radical (unpaired) electrons. The second-order valence-corrected chi connectivity index (χ2v) is 3.08. The first-order chi connectivity index (χ1) is 8.22. The Kier molecular flexibility index (Phi) is 4.77. The van der Waals surface area contributed by atoms with E-state index in [0.717, 1.165) is 6.29 Å². The van der Waals surface area contributed by atoms with Crippen molar-refractivity contribution in [3.8, 4) is 17.6 Å². The first-order valence-electron chi connectivity index (χ1n) is 4.91. The SMILES string of the molecule is COC(=O)c1ccc(C#CCC=O)cc1OC. The fourth-order valence-electron chi connectivity index (χ4n) is 1.24. The van der Waals surface area contributed by atoms with E-state index in [1.165, 1.54) is 14.2 Å². The van der Waals surface area contributed by atoms with E-state index in [9.17, 15) is 9.59 Å². The molecule has 0 bridgehead atoms. The van der Waals surface area contributed by atoms with Crippen LogP contribution in [-0.2, 0) is 9.53 Å². The zero-order valence-electron chi connectivity index (χ0n) is 9.65. The smallest absolute Gasteiger partial charge is 0.341 e. The number of hydrogen-bond donors (Lipinski definition) is 0. The number of ether oxygens (including phenoxy) is 2. The molecular weight excluding hydrogens is 220 g/mol. The predicted molar refractivity (Wildman–Crippen MR) is 61.9 cm³/mol. The van der Waals surface area contributed by atoms with Gasteiger partial charge in [-0.05, 0) is 18.2 Å². The number of hydrogen-bond acceptors (Lipinski definition) is 4. The Morgan fingerprint density at radius 2 is 2.18 bits per heavy atom. The highest BCUT2D eigenvalue weighted by Gasteiger charge is 2.12. The van der Waals surface area contributed by atoms with Gasteiger partial charge in [0.2, 0.25) is 0 Å². The third-order valence-corrected chi connectivity index (χ3v) is 2.02. The topological polar surface area (TPSA) is 52.6 Å². The molecule has 0 fully saturated rings. The highest BCUT2D eigenvalue weighted by atomic mass is 16.5. The molecule has 0 atom stereocenters. The van der Waals surface area contributed by atoms with Crippen LogP contribution in [0.5, 0.6) is 5.75 Å². The van der Waals surface area contributed by atoms with E-state index in [2.05, 4.69) is 16.6 Å². The van der Waals surface area contributed by atoms with Gasteiger partial charge in [-0.2, -0.15) is 0 Å². The molecule has 0 saturated heterocycles. The van der Waals surface area contributed by atoms with Crippen LogP contribution in [0.4, 0.5) is 0 Å². The molecule has 1 rings (SSSR count). The Hall–Kier alpha value is -2.28. The van der Waals surface area contributed by atoms with Gasteiger partial charge >= 0.3 is 5.97 Å². The summed E-state index contributed by atoms with van der Waals surface area (Å²) in [6, 6.07) is 4.88. The van der Waals surface area contributed by atoms with Gasteiger partial charge in [-0.25, -0.2) is 4.79 Å². The van der Waals surface area contributed by atoms with Crippen LogP contribution in [0.3, 0.4) is 0 Å². The molecule has 0 aromatic heterocycles. The Morgan fingerprint density at radius 3 is 2.76 bits per heavy atom. The maximum atomic E-state index is 11.4. The first kappa shape index (κ1) is 12.8. The van der Waals surface area contributed by atoms with E-state index in [0.29, 0.717) is 16.9 Å². The average molecular weight is 232 g/mol. The molecule has 0 aliphatic heterocycles. The summed E-state index contributed by atoms with van der Waals surface area (Å²) in [5.74, 6) is 5.40. The summed E-state index contributed by atoms with van der Waals surface area (Å²) in [5, 5.41) is 0. The molecule has 0 saturated carbocycles. The normalized spacial score (nSPS) is 8.82. The van der Waals surface area contributed by atoms with Crippen molar-refractivity contribution in [2.45, 2.75) is 6.42 Å². The Balaban J connectivity index is 3.05. The van der Waals surface area contributed by atoms with E-state index in [4.69, 9.17) is 4.74 Å². The largest absolute Gasteiger partial charge is 0.496 e. The summed E-state index contributed by atoms with van der Waals surface area (Å²) in [7, 11) is 2.77. The molecule has 17 heavy (non-hydrogen) atoms. The Morgan fingerprint density at radius 1 is 1.41 bits per heavy atom. The minimum absolute atomic E-state index is 0.182. The van der Waals surface area contributed by atoms with Gasteiger partial charge in [0, 0.05) is 5.56 Å². The van der Waals surface area contributed by atoms with Gasteiger partial charge < -0.3 is 14.3 Å². The molecule has 0 N–H and O–H groups in total. The average Bonchev–Trinajstić information content (AvgIpc) is 2.38. The molecule has 4 nitrogen and oxygen atoms in total. The third kappa shape index (κ3) is 3.35. The van der Waals surface area contributed by atoms with E-state index in [1.54, 1.807) is 18.2 Å². The molecule has 0 amide bonds. The zero-order valence-corrected chi connectivity index (χ0v) is 9.65. The van der Waals surface area contributed by atoms with E-state index >= 15 is 0 Å². The Labute approximate surface area is 99.5 Å². The monoisotopic (exact) mass is 232 g/mol. The first-order valence-corrected chi connectivity index (χ1v) is 4.91. The lowest BCUT2D eigenvalue weighted by molar-refractivity contribution is -0.107. The van der Waals surface area contributed by atoms with Gasteiger partial charge in [-0.1, -0.05) is 11.8 Å². The molecule has 0 spiro atoms. The lowest BCUT2D eigenvalue weighted by Crippen LogP contribution is -2.04. The van der Waals surface area contributed by atoms with Crippen LogP contribution in [0.2, 0.25) is 0 Å². The summed E-state index contributed by atoms with van der Waals surface area (Å²) in [6.45, 7) is 0. The van der Waals surface area contributed by atoms with Crippen LogP contribution >= 0.6 is 0 Å². The van der Waals surface area contributed by atoms with Crippen molar-refractivity contribution in [2.75, 3.05) is 14.2 Å². The minimum atomic E-state index is -0.464. The Bertz CT molecular complexity index is 480. The van der Waals surface area contributed by atoms with Crippen LogP contribution in [0, 0.1) is 11.8 Å². The summed E-state index contributed by atoms with van der Waals surface area (Å²) in [5.41, 5.74) is 1.02. The van der Waals surface area contributed by atoms with Crippen molar-refractivity contribution < 1.29 is 19.1 Å². The van der Waals surface area contributed by atoms with Crippen LogP contribution in [0.15, 0.2) is 18.2 Å². The van der Waals surface area contributed by atoms with Crippen LogP contribution in [0.1, 0.15) is 22.3 Å². The van der Waals surface area contributed by atoms with Crippen molar-refractivity contribution in [2.24, 2.45) is 0 Å². The number of esters is 1. The van der Waals surface area contributed by atoms with E-state index in [-0.39, 0.29) is 6.42 Å². The second kappa shape index (κ2) is 6.33. The van der Waals surface area contributed by atoms with Crippen LogP contribution in [-0.4, -0.2) is 26.5 Å². The molecule has 0 aliphatic rings. The summed E-state index contributed by atoms with van der Waals surface area (Å²) in [4.78, 5) is 21.5. The standard InChI is InChI=1S/C13H12O4/c1-16-12-9-10(5-3-4-8-14)6-7-11(12)13(15)17-2/h6-9H,4H2,1-2H3. The van der Waals surface area contributed by atoms with Crippen LogP contribution < -0.4 is 4.74 Å². The molecular formula is C13H12O4. The molecule has 0 unspecified atom stereocenters. The predicted octanol–water partition coefficient (Wildman–Crippen LogP) is 1.42. The van der Waals surface area contributed by atoms with E-state index in [1.807, 2.05) is 0 Å². The fraction of sp³-hybridized carbons (Fsp3) is 0.231. The number of aldehydes is 1. The van der Waals surface area contributed by atoms with E-state index < -0.39 is 5.97 Å². The highest BCUT2D eigenvalue weighted by Crippen LogP contribution is 2.20. The number of carbonyl (C=O) groups excluding carboxylic acids is 2. The van der Waals surface area contributed by atoms with Gasteiger partial charge in [0.1, 0.15) is 17.6 Å². The minimum Gasteiger partial charge on any atom is -0.496 e. The number of rotatable bonds is 3. The van der Waals surface area contributed by atoms with Crippen molar-refractivity contribution >= 4 is 12.3 Å². The molecule has 4 heteroatoms. The van der Waals surface area contributed by atoms with Gasteiger partial charge in [-0.15, -0.1) is 0 Å². The van der Waals surface area contributed by atoms with Crippen molar-refractivity contribution in [3.63, 3.8) is 0 Å². The van der Waals surface area contributed by atoms with Gasteiger partial charge in [0.15, 0.2) is 0 Å². The number of carbonyl (C=O) groups is 2. The molecule has 1 aromatic rings. The van der Waals surface area contributed by atoms with Gasteiger partial charge in [-0.3, -0.25) is 0 Å². The molecule has 88 valence electrons. The molecule has 0 heterocycles. The highest BCUT2D eigenvalue weighted by molar-refractivity contribution is 5.92. The fourth-order valence-corrected chi connectivity index (χ4v) is 1.24. The molecule has 1 aromatic carbocycles. The quantitative estimate of drug-likeness (QED) is 0.449. The zero-order chi connectivity index (χ0) is 12.7. The molecule has 0 aliphatic carbocycles. The summed E-state index contributed by atoms with van der Waals surface area (Å²) >= 11 is 0. The van der Waals surface area contributed by atoms with Crippen molar-refractivity contribution in [1.82, 2.24) is 0 Å². The summed E-state index contributed by atoms with van der Waals surface area (Å²) in [6.07, 6.45) is 0.911. The van der Waals surface area contributed by atoms with Crippen molar-refractivity contribution in [3.05, 3.63) is 29.3 Å². The van der Waals surface area contributed by atoms with Crippen LogP contribution in [0.25, 0.3) is 0 Å². The maximum Gasteiger partial charge on any atom is 0.341 e. The number of benzene rings is 1. The lowest BCUT2D eigenvalue weighted by Gasteiger charge is -2.06. The second-order valence-electron chi connectivity index (χ2n) is 3.08. The van der Waals surface area contributed by atoms with Gasteiger partial charge in [0.05, 0.1) is 20.6 Å².